The van der Waals surface area contributed by atoms with Crippen molar-refractivity contribution in [2.75, 3.05) is 19.3 Å². The highest BCUT2D eigenvalue weighted by molar-refractivity contribution is 7.88. The molecule has 1 heterocycles. The minimum atomic E-state index is -3.11. The summed E-state index contributed by atoms with van der Waals surface area (Å²) < 4.78 is 24.9. The van der Waals surface area contributed by atoms with E-state index in [1.54, 1.807) is 16.4 Å². The summed E-state index contributed by atoms with van der Waals surface area (Å²) in [6.45, 7) is 3.92. The summed E-state index contributed by atoms with van der Waals surface area (Å²) in [5.41, 5.74) is 6.81. The van der Waals surface area contributed by atoms with E-state index < -0.39 is 15.9 Å². The van der Waals surface area contributed by atoms with E-state index in [4.69, 9.17) is 5.73 Å². The average Bonchev–Trinajstić information content (AvgIpc) is 2.52. The third-order valence-corrected chi connectivity index (χ3v) is 5.77. The Balaban J connectivity index is 1.93. The first-order valence-corrected chi connectivity index (χ1v) is 9.73. The van der Waals surface area contributed by atoms with Gasteiger partial charge in [-0.25, -0.2) is 12.7 Å². The number of benzene rings is 1. The first-order chi connectivity index (χ1) is 10.8. The van der Waals surface area contributed by atoms with Crippen LogP contribution in [0.3, 0.4) is 0 Å². The molecule has 0 bridgehead atoms. The van der Waals surface area contributed by atoms with Crippen molar-refractivity contribution in [2.24, 2.45) is 11.7 Å². The molecule has 0 unspecified atom stereocenters. The Morgan fingerprint density at radius 1 is 1.35 bits per heavy atom. The van der Waals surface area contributed by atoms with Gasteiger partial charge in [-0.2, -0.15) is 0 Å². The van der Waals surface area contributed by atoms with Crippen LogP contribution in [0.25, 0.3) is 0 Å². The highest BCUT2D eigenvalue weighted by Gasteiger charge is 2.31. The van der Waals surface area contributed by atoms with Crippen LogP contribution in [0.2, 0.25) is 0 Å². The first-order valence-electron chi connectivity index (χ1n) is 7.88. The molecule has 2 atom stereocenters. The van der Waals surface area contributed by atoms with Gasteiger partial charge >= 0.3 is 0 Å². The maximum atomic E-state index is 11.7. The lowest BCUT2D eigenvalue weighted by molar-refractivity contribution is 0.1000. The normalized spacial score (nSPS) is 22.9. The third-order valence-electron chi connectivity index (χ3n) is 4.50. The molecular weight excluding hydrogens is 314 g/mol. The van der Waals surface area contributed by atoms with Crippen molar-refractivity contribution < 1.29 is 13.2 Å². The number of amides is 1. The fourth-order valence-corrected chi connectivity index (χ4v) is 3.92. The second-order valence-corrected chi connectivity index (χ2v) is 8.11. The van der Waals surface area contributed by atoms with E-state index in [0.717, 1.165) is 18.4 Å². The van der Waals surface area contributed by atoms with Crippen LogP contribution >= 0.6 is 0 Å². The van der Waals surface area contributed by atoms with Crippen molar-refractivity contribution in [3.8, 4) is 0 Å². The number of carbonyl (C=O) groups is 1. The molecule has 1 aliphatic rings. The monoisotopic (exact) mass is 339 g/mol. The van der Waals surface area contributed by atoms with Gasteiger partial charge in [0.25, 0.3) is 0 Å². The van der Waals surface area contributed by atoms with Crippen LogP contribution in [0.15, 0.2) is 24.3 Å². The number of hydrogen-bond donors (Lipinski definition) is 2. The van der Waals surface area contributed by atoms with Crippen molar-refractivity contribution in [3.63, 3.8) is 0 Å². The number of primary amides is 1. The lowest BCUT2D eigenvalue weighted by atomic mass is 9.91. The molecule has 0 spiro atoms. The van der Waals surface area contributed by atoms with E-state index in [1.807, 2.05) is 12.1 Å². The molecule has 1 amide bonds. The van der Waals surface area contributed by atoms with E-state index in [-0.39, 0.29) is 0 Å². The number of hydrogen-bond acceptors (Lipinski definition) is 4. The Morgan fingerprint density at radius 3 is 2.52 bits per heavy atom. The van der Waals surface area contributed by atoms with Crippen molar-refractivity contribution in [3.05, 3.63) is 35.4 Å². The molecule has 2 rings (SSSR count). The van der Waals surface area contributed by atoms with Gasteiger partial charge in [0.1, 0.15) is 0 Å². The summed E-state index contributed by atoms with van der Waals surface area (Å²) in [6, 6.07) is 7.53. The lowest BCUT2D eigenvalue weighted by Gasteiger charge is -2.37. The zero-order valence-corrected chi connectivity index (χ0v) is 14.5. The molecule has 1 saturated heterocycles. The number of carbonyl (C=O) groups excluding carboxylic acids is 1. The van der Waals surface area contributed by atoms with E-state index in [9.17, 15) is 13.2 Å². The molecule has 6 nitrogen and oxygen atoms in total. The predicted octanol–water partition coefficient (Wildman–Crippen LogP) is 0.935. The number of piperidine rings is 1. The predicted molar refractivity (Wildman–Crippen MR) is 90.4 cm³/mol. The molecule has 1 aliphatic heterocycles. The SMILES string of the molecule is CC[C@H]1CN(S(C)(=O)=O)CC[C@H]1NCc1ccc(C(N)=O)cc1. The summed E-state index contributed by atoms with van der Waals surface area (Å²) in [5, 5.41) is 3.52. The zero-order chi connectivity index (χ0) is 17.0. The minimum absolute atomic E-state index is 0.300. The molecule has 7 heteroatoms. The summed E-state index contributed by atoms with van der Waals surface area (Å²) in [6.07, 6.45) is 3.02. The van der Waals surface area contributed by atoms with Gasteiger partial charge in [0.2, 0.25) is 15.9 Å². The van der Waals surface area contributed by atoms with Crippen molar-refractivity contribution in [1.82, 2.24) is 9.62 Å². The van der Waals surface area contributed by atoms with Crippen LogP contribution < -0.4 is 11.1 Å². The number of sulfonamides is 1. The van der Waals surface area contributed by atoms with E-state index >= 15 is 0 Å². The van der Waals surface area contributed by atoms with Gasteiger partial charge < -0.3 is 11.1 Å². The molecule has 1 aromatic rings. The Hall–Kier alpha value is -1.44. The van der Waals surface area contributed by atoms with Crippen molar-refractivity contribution in [2.45, 2.75) is 32.4 Å². The summed E-state index contributed by atoms with van der Waals surface area (Å²) >= 11 is 0. The molecule has 0 radical (unpaired) electrons. The minimum Gasteiger partial charge on any atom is -0.366 e. The Labute approximate surface area is 138 Å². The highest BCUT2D eigenvalue weighted by atomic mass is 32.2. The molecule has 0 saturated carbocycles. The molecule has 23 heavy (non-hydrogen) atoms. The van der Waals surface area contributed by atoms with Gasteiger partial charge in [0, 0.05) is 31.2 Å². The van der Waals surface area contributed by atoms with Crippen LogP contribution in [0.5, 0.6) is 0 Å². The fraction of sp³-hybridized carbons (Fsp3) is 0.562. The van der Waals surface area contributed by atoms with Gasteiger partial charge in [0.05, 0.1) is 6.26 Å². The third kappa shape index (κ3) is 4.76. The number of nitrogens with zero attached hydrogens (tertiary/aromatic N) is 1. The zero-order valence-electron chi connectivity index (χ0n) is 13.7. The Morgan fingerprint density at radius 2 is 2.00 bits per heavy atom. The average molecular weight is 339 g/mol. The molecule has 1 aromatic carbocycles. The topological polar surface area (TPSA) is 92.5 Å². The summed E-state index contributed by atoms with van der Waals surface area (Å²) in [4.78, 5) is 11.1. The van der Waals surface area contributed by atoms with Gasteiger partial charge in [-0.3, -0.25) is 4.79 Å². The quantitative estimate of drug-likeness (QED) is 0.806. The number of rotatable bonds is 6. The molecule has 1 fully saturated rings. The van der Waals surface area contributed by atoms with Crippen LogP contribution in [0.4, 0.5) is 0 Å². The maximum absolute atomic E-state index is 11.7. The second-order valence-electron chi connectivity index (χ2n) is 6.13. The van der Waals surface area contributed by atoms with E-state index in [2.05, 4.69) is 12.2 Å². The van der Waals surface area contributed by atoms with Crippen LogP contribution in [-0.2, 0) is 16.6 Å². The summed E-state index contributed by atoms with van der Waals surface area (Å²) in [5.74, 6) is -0.118. The van der Waals surface area contributed by atoms with E-state index in [0.29, 0.717) is 37.2 Å². The first kappa shape index (κ1) is 17.9. The molecule has 3 N–H and O–H groups in total. The van der Waals surface area contributed by atoms with Crippen LogP contribution in [0.1, 0.15) is 35.7 Å². The number of nitrogens with two attached hydrogens (primary N) is 1. The molecule has 0 aliphatic carbocycles. The molecule has 0 aromatic heterocycles. The van der Waals surface area contributed by atoms with Gasteiger partial charge in [-0.15, -0.1) is 0 Å². The van der Waals surface area contributed by atoms with Gasteiger partial charge in [0.15, 0.2) is 0 Å². The van der Waals surface area contributed by atoms with E-state index in [1.165, 1.54) is 6.26 Å². The Kier molecular flexibility index (Phi) is 5.78. The second kappa shape index (κ2) is 7.42. The van der Waals surface area contributed by atoms with Crippen molar-refractivity contribution >= 4 is 15.9 Å². The Bertz CT molecular complexity index is 643. The largest absolute Gasteiger partial charge is 0.366 e. The standard InChI is InChI=1S/C16H25N3O3S/c1-3-13-11-19(23(2,21)22)9-8-15(13)18-10-12-4-6-14(7-5-12)16(17)20/h4-7,13,15,18H,3,8-11H2,1-2H3,(H2,17,20)/t13-,15+/m0/s1. The van der Waals surface area contributed by atoms with Crippen molar-refractivity contribution in [1.29, 1.82) is 0 Å². The maximum Gasteiger partial charge on any atom is 0.248 e. The van der Waals surface area contributed by atoms with Gasteiger partial charge in [-0.1, -0.05) is 25.5 Å². The van der Waals surface area contributed by atoms with Gasteiger partial charge in [-0.05, 0) is 30.0 Å². The molecule has 128 valence electrons. The van der Waals surface area contributed by atoms with Crippen LogP contribution in [-0.4, -0.2) is 44.0 Å². The lowest BCUT2D eigenvalue weighted by Crippen LogP contribution is -2.50. The summed E-state index contributed by atoms with van der Waals surface area (Å²) in [7, 11) is -3.11. The molecular formula is C16H25N3O3S. The highest BCUT2D eigenvalue weighted by Crippen LogP contribution is 2.22. The van der Waals surface area contributed by atoms with Crippen LogP contribution in [0, 0.1) is 5.92 Å². The smallest absolute Gasteiger partial charge is 0.248 e. The number of nitrogens with one attached hydrogen (secondary N) is 1. The fourth-order valence-electron chi connectivity index (χ4n) is 3.02.